The van der Waals surface area contributed by atoms with Crippen LogP contribution in [0.25, 0.3) is 0 Å². The predicted molar refractivity (Wildman–Crippen MR) is 106 cm³/mol. The molecule has 0 heterocycles. The number of benzene rings is 1. The number of aryl methyl sites for hydroxylation is 1. The predicted octanol–water partition coefficient (Wildman–Crippen LogP) is 5.43. The SMILES string of the molecule is C=C(C[Si](C)(C)C)C(O)c1ccc(OC)cc1CC/C=C/SC. The van der Waals surface area contributed by atoms with E-state index < -0.39 is 14.2 Å². The molecule has 128 valence electrons. The van der Waals surface area contributed by atoms with Gasteiger partial charge in [-0.1, -0.05) is 38.4 Å². The van der Waals surface area contributed by atoms with Crippen molar-refractivity contribution in [1.29, 1.82) is 0 Å². The maximum atomic E-state index is 10.8. The zero-order valence-electron chi connectivity index (χ0n) is 15.1. The van der Waals surface area contributed by atoms with Crippen molar-refractivity contribution in [1.82, 2.24) is 0 Å². The molecule has 1 aromatic rings. The van der Waals surface area contributed by atoms with Gasteiger partial charge in [-0.15, -0.1) is 11.8 Å². The molecule has 0 radical (unpaired) electrons. The Bertz CT molecular complexity index is 547. The first-order valence-corrected chi connectivity index (χ1v) is 13.0. The standard InChI is InChI=1S/C19H30O2SSi/c1-15(14-23(4,5)6)19(20)18-11-10-17(21-2)13-16(18)9-7-8-12-22-3/h8,10-13,19-20H,1,7,9,14H2,2-6H3/b12-8+. The van der Waals surface area contributed by atoms with E-state index in [2.05, 4.69) is 44.0 Å². The minimum absolute atomic E-state index is 0.591. The van der Waals surface area contributed by atoms with E-state index in [1.54, 1.807) is 18.9 Å². The molecule has 0 saturated carbocycles. The zero-order chi connectivity index (χ0) is 17.5. The summed E-state index contributed by atoms with van der Waals surface area (Å²) in [7, 11) is 0.388. The molecule has 0 aromatic heterocycles. The van der Waals surface area contributed by atoms with Gasteiger partial charge in [-0.2, -0.15) is 0 Å². The molecule has 0 bridgehead atoms. The Hall–Kier alpha value is -0.973. The number of thioether (sulfide) groups is 1. The lowest BCUT2D eigenvalue weighted by atomic mass is 9.95. The van der Waals surface area contributed by atoms with Gasteiger partial charge in [-0.3, -0.25) is 0 Å². The van der Waals surface area contributed by atoms with Crippen molar-refractivity contribution >= 4 is 19.8 Å². The Kier molecular flexibility index (Phi) is 8.16. The van der Waals surface area contributed by atoms with Crippen LogP contribution in [0.15, 0.2) is 41.8 Å². The number of allylic oxidation sites excluding steroid dienone is 1. The van der Waals surface area contributed by atoms with Crippen molar-refractivity contribution < 1.29 is 9.84 Å². The fraction of sp³-hybridized carbons (Fsp3) is 0.474. The Morgan fingerprint density at radius 2 is 2.09 bits per heavy atom. The van der Waals surface area contributed by atoms with E-state index in [9.17, 15) is 5.11 Å². The lowest BCUT2D eigenvalue weighted by Crippen LogP contribution is -2.22. The first-order valence-electron chi connectivity index (χ1n) is 7.99. The molecule has 0 amide bonds. The number of hydrogen-bond acceptors (Lipinski definition) is 3. The molecular weight excluding hydrogens is 320 g/mol. The molecule has 23 heavy (non-hydrogen) atoms. The van der Waals surface area contributed by atoms with E-state index >= 15 is 0 Å². The number of aliphatic hydroxyl groups excluding tert-OH is 1. The fourth-order valence-corrected chi connectivity index (χ4v) is 4.48. The zero-order valence-corrected chi connectivity index (χ0v) is 16.9. The van der Waals surface area contributed by atoms with Crippen LogP contribution in [0.3, 0.4) is 0 Å². The van der Waals surface area contributed by atoms with Gasteiger partial charge in [-0.05, 0) is 59.4 Å². The highest BCUT2D eigenvalue weighted by atomic mass is 32.2. The maximum Gasteiger partial charge on any atom is 0.119 e. The van der Waals surface area contributed by atoms with Gasteiger partial charge in [0, 0.05) is 8.07 Å². The highest BCUT2D eigenvalue weighted by molar-refractivity contribution is 8.01. The van der Waals surface area contributed by atoms with Crippen LogP contribution in [-0.2, 0) is 6.42 Å². The van der Waals surface area contributed by atoms with Crippen LogP contribution in [0.2, 0.25) is 25.7 Å². The van der Waals surface area contributed by atoms with Crippen molar-refractivity contribution in [2.45, 2.75) is 44.6 Å². The molecule has 1 aromatic carbocycles. The van der Waals surface area contributed by atoms with Crippen molar-refractivity contribution in [3.63, 3.8) is 0 Å². The molecule has 1 N–H and O–H groups in total. The maximum absolute atomic E-state index is 10.8. The van der Waals surface area contributed by atoms with Gasteiger partial charge in [0.2, 0.25) is 0 Å². The monoisotopic (exact) mass is 350 g/mol. The van der Waals surface area contributed by atoms with Crippen LogP contribution in [0.5, 0.6) is 5.75 Å². The summed E-state index contributed by atoms with van der Waals surface area (Å²) in [6, 6.07) is 6.87. The normalized spacial score (nSPS) is 13.3. The second-order valence-corrected chi connectivity index (χ2v) is 13.2. The molecule has 0 saturated heterocycles. The summed E-state index contributed by atoms with van der Waals surface area (Å²) < 4.78 is 5.34. The van der Waals surface area contributed by atoms with Gasteiger partial charge in [0.05, 0.1) is 13.2 Å². The molecule has 4 heteroatoms. The van der Waals surface area contributed by atoms with Crippen LogP contribution in [0.4, 0.5) is 0 Å². The average molecular weight is 351 g/mol. The first-order chi connectivity index (χ1) is 10.8. The summed E-state index contributed by atoms with van der Waals surface area (Å²) in [5.41, 5.74) is 3.03. The van der Waals surface area contributed by atoms with Crippen LogP contribution in [0.1, 0.15) is 23.7 Å². The molecule has 0 spiro atoms. The van der Waals surface area contributed by atoms with E-state index in [1.807, 2.05) is 18.2 Å². The van der Waals surface area contributed by atoms with Crippen LogP contribution in [-0.4, -0.2) is 26.5 Å². The van der Waals surface area contributed by atoms with Crippen LogP contribution in [0, 0.1) is 0 Å². The molecule has 0 fully saturated rings. The third-order valence-corrected chi connectivity index (χ3v) is 5.58. The van der Waals surface area contributed by atoms with Crippen molar-refractivity contribution in [3.05, 3.63) is 53.0 Å². The fourth-order valence-electron chi connectivity index (χ4n) is 2.59. The molecule has 1 atom stereocenters. The van der Waals surface area contributed by atoms with Crippen molar-refractivity contribution in [2.75, 3.05) is 13.4 Å². The largest absolute Gasteiger partial charge is 0.497 e. The Morgan fingerprint density at radius 1 is 1.39 bits per heavy atom. The van der Waals surface area contributed by atoms with Gasteiger partial charge in [-0.25, -0.2) is 0 Å². The molecule has 0 aliphatic carbocycles. The topological polar surface area (TPSA) is 29.5 Å². The second kappa shape index (κ2) is 9.35. The smallest absolute Gasteiger partial charge is 0.119 e. The van der Waals surface area contributed by atoms with Crippen molar-refractivity contribution in [3.8, 4) is 5.75 Å². The van der Waals surface area contributed by atoms with E-state index in [4.69, 9.17) is 4.74 Å². The summed E-state index contributed by atoms with van der Waals surface area (Å²) in [6.45, 7) is 11.0. The minimum atomic E-state index is -1.29. The minimum Gasteiger partial charge on any atom is -0.497 e. The van der Waals surface area contributed by atoms with E-state index in [1.165, 1.54) is 0 Å². The number of methoxy groups -OCH3 is 1. The highest BCUT2D eigenvalue weighted by Gasteiger charge is 2.21. The Morgan fingerprint density at radius 3 is 2.65 bits per heavy atom. The summed E-state index contributed by atoms with van der Waals surface area (Å²) in [4.78, 5) is 0. The third-order valence-electron chi connectivity index (χ3n) is 3.60. The number of rotatable bonds is 9. The quantitative estimate of drug-likeness (QED) is 0.475. The highest BCUT2D eigenvalue weighted by Crippen LogP contribution is 2.32. The average Bonchev–Trinajstić information content (AvgIpc) is 2.49. The van der Waals surface area contributed by atoms with E-state index in [-0.39, 0.29) is 0 Å². The molecule has 1 rings (SSSR count). The van der Waals surface area contributed by atoms with Gasteiger partial charge in [0.15, 0.2) is 0 Å². The Labute approximate surface area is 146 Å². The van der Waals surface area contributed by atoms with Gasteiger partial charge >= 0.3 is 0 Å². The summed E-state index contributed by atoms with van der Waals surface area (Å²) in [5, 5.41) is 12.9. The molecule has 2 nitrogen and oxygen atoms in total. The van der Waals surface area contributed by atoms with Crippen molar-refractivity contribution in [2.24, 2.45) is 0 Å². The number of hydrogen-bond donors (Lipinski definition) is 1. The summed E-state index contributed by atoms with van der Waals surface area (Å²) in [6.07, 6.45) is 5.47. The Balaban J connectivity index is 2.98. The lowest BCUT2D eigenvalue weighted by Gasteiger charge is -2.23. The summed E-state index contributed by atoms with van der Waals surface area (Å²) in [5.74, 6) is 0.834. The van der Waals surface area contributed by atoms with Crippen LogP contribution < -0.4 is 4.74 Å². The van der Waals surface area contributed by atoms with Crippen LogP contribution >= 0.6 is 11.8 Å². The molecule has 0 aliphatic rings. The number of ether oxygens (including phenoxy) is 1. The molecule has 1 unspecified atom stereocenters. The van der Waals surface area contributed by atoms with E-state index in [0.717, 1.165) is 41.3 Å². The van der Waals surface area contributed by atoms with Gasteiger partial charge in [0.25, 0.3) is 0 Å². The van der Waals surface area contributed by atoms with Gasteiger partial charge < -0.3 is 9.84 Å². The summed E-state index contributed by atoms with van der Waals surface area (Å²) >= 11 is 1.70. The molecule has 0 aliphatic heterocycles. The third kappa shape index (κ3) is 6.98. The van der Waals surface area contributed by atoms with E-state index in [0.29, 0.717) is 0 Å². The molecular formula is C19H30O2SSi. The first kappa shape index (κ1) is 20.1. The second-order valence-electron chi connectivity index (χ2n) is 7.01. The lowest BCUT2D eigenvalue weighted by molar-refractivity contribution is 0.214. The van der Waals surface area contributed by atoms with Gasteiger partial charge in [0.1, 0.15) is 5.75 Å². The number of aliphatic hydroxyl groups is 1.